The van der Waals surface area contributed by atoms with Crippen molar-refractivity contribution in [3.8, 4) is 0 Å². The first-order valence-corrected chi connectivity index (χ1v) is 5.79. The molecule has 0 saturated carbocycles. The van der Waals surface area contributed by atoms with Crippen molar-refractivity contribution in [2.45, 2.75) is 20.5 Å². The van der Waals surface area contributed by atoms with Gasteiger partial charge in [-0.05, 0) is 23.6 Å². The minimum Gasteiger partial charge on any atom is -0.379 e. The smallest absolute Gasteiger partial charge is 0.140 e. The molecule has 0 bridgehead atoms. The number of pyridine rings is 1. The van der Waals surface area contributed by atoms with Gasteiger partial charge in [0.1, 0.15) is 5.82 Å². The maximum absolute atomic E-state index is 5.48. The van der Waals surface area contributed by atoms with Gasteiger partial charge < -0.3 is 14.9 Å². The molecule has 0 spiro atoms. The molecule has 0 fully saturated rings. The Morgan fingerprint density at radius 1 is 1.35 bits per heavy atom. The third-order valence-electron chi connectivity index (χ3n) is 2.06. The van der Waals surface area contributed by atoms with Gasteiger partial charge in [0, 0.05) is 12.8 Å². The van der Waals surface area contributed by atoms with E-state index in [1.54, 1.807) is 6.20 Å². The number of hydrazine groups is 1. The van der Waals surface area contributed by atoms with Gasteiger partial charge in [-0.3, -0.25) is 0 Å². The lowest BCUT2D eigenvalue weighted by molar-refractivity contribution is 0.0314. The van der Waals surface area contributed by atoms with Crippen LogP contribution >= 0.6 is 0 Å². The highest BCUT2D eigenvalue weighted by Gasteiger charge is 1.97. The Labute approximate surface area is 102 Å². The summed E-state index contributed by atoms with van der Waals surface area (Å²) in [6, 6.07) is 3.75. The molecule has 0 unspecified atom stereocenters. The van der Waals surface area contributed by atoms with Crippen molar-refractivity contribution in [3.63, 3.8) is 0 Å². The van der Waals surface area contributed by atoms with Gasteiger partial charge in [-0.15, -0.1) is 0 Å². The van der Waals surface area contributed by atoms with Gasteiger partial charge in [0.05, 0.1) is 19.8 Å². The predicted octanol–water partition coefficient (Wildman–Crippen LogP) is 1.56. The molecule has 1 aromatic heterocycles. The second-order valence-corrected chi connectivity index (χ2v) is 4.22. The Balaban J connectivity index is 2.13. The summed E-state index contributed by atoms with van der Waals surface area (Å²) in [4.78, 5) is 4.02. The van der Waals surface area contributed by atoms with Gasteiger partial charge in [0.15, 0.2) is 0 Å². The van der Waals surface area contributed by atoms with Gasteiger partial charge in [-0.2, -0.15) is 0 Å². The number of aromatic nitrogens is 1. The molecular formula is C12H21N3O2. The lowest BCUT2D eigenvalue weighted by atomic mass is 10.2. The fourth-order valence-electron chi connectivity index (χ4n) is 1.27. The van der Waals surface area contributed by atoms with E-state index in [1.807, 2.05) is 12.1 Å². The van der Waals surface area contributed by atoms with E-state index in [1.165, 1.54) is 0 Å². The predicted molar refractivity (Wildman–Crippen MR) is 67.4 cm³/mol. The van der Waals surface area contributed by atoms with Crippen molar-refractivity contribution in [1.82, 2.24) is 4.98 Å². The molecule has 1 heterocycles. The summed E-state index contributed by atoms with van der Waals surface area (Å²) >= 11 is 0. The van der Waals surface area contributed by atoms with Crippen LogP contribution in [0.25, 0.3) is 0 Å². The summed E-state index contributed by atoms with van der Waals surface area (Å²) in [7, 11) is 0. The minimum absolute atomic E-state index is 0.544. The van der Waals surface area contributed by atoms with E-state index in [0.717, 1.165) is 12.2 Å². The molecule has 5 nitrogen and oxygen atoms in total. The van der Waals surface area contributed by atoms with Gasteiger partial charge in [0.2, 0.25) is 0 Å². The molecule has 0 aliphatic heterocycles. The first kappa shape index (κ1) is 13.9. The second kappa shape index (κ2) is 8.00. The Morgan fingerprint density at radius 2 is 2.12 bits per heavy atom. The highest BCUT2D eigenvalue weighted by atomic mass is 16.5. The number of anilines is 1. The molecular weight excluding hydrogens is 218 g/mol. The molecule has 17 heavy (non-hydrogen) atoms. The molecule has 1 aromatic rings. The third kappa shape index (κ3) is 6.21. The molecule has 0 aliphatic rings. The standard InChI is InChI=1S/C12H21N3O2/c1-10(2)8-16-5-6-17-9-11-3-4-14-12(7-11)15-13/h3-4,7,10H,5-6,8-9,13H2,1-2H3,(H,14,15). The molecule has 0 radical (unpaired) electrons. The summed E-state index contributed by atoms with van der Waals surface area (Å²) in [6.45, 7) is 6.80. The zero-order valence-electron chi connectivity index (χ0n) is 10.5. The summed E-state index contributed by atoms with van der Waals surface area (Å²) in [5.74, 6) is 6.47. The van der Waals surface area contributed by atoms with Crippen molar-refractivity contribution >= 4 is 5.82 Å². The van der Waals surface area contributed by atoms with Crippen molar-refractivity contribution in [3.05, 3.63) is 23.9 Å². The Bertz CT molecular complexity index is 318. The Kier molecular flexibility index (Phi) is 6.54. The second-order valence-electron chi connectivity index (χ2n) is 4.22. The van der Waals surface area contributed by atoms with E-state index in [4.69, 9.17) is 15.3 Å². The lowest BCUT2D eigenvalue weighted by Gasteiger charge is -2.08. The van der Waals surface area contributed by atoms with Gasteiger partial charge in [0.25, 0.3) is 0 Å². The normalized spacial score (nSPS) is 10.8. The molecule has 0 atom stereocenters. The number of hydrogen-bond acceptors (Lipinski definition) is 5. The SMILES string of the molecule is CC(C)COCCOCc1ccnc(NN)c1. The minimum atomic E-state index is 0.544. The number of rotatable bonds is 8. The van der Waals surface area contributed by atoms with E-state index < -0.39 is 0 Å². The van der Waals surface area contributed by atoms with Crippen LogP contribution in [0.4, 0.5) is 5.82 Å². The van der Waals surface area contributed by atoms with Crippen LogP contribution in [-0.2, 0) is 16.1 Å². The number of hydrogen-bond donors (Lipinski definition) is 2. The average molecular weight is 239 g/mol. The average Bonchev–Trinajstić information content (AvgIpc) is 2.33. The van der Waals surface area contributed by atoms with Crippen LogP contribution in [-0.4, -0.2) is 24.8 Å². The van der Waals surface area contributed by atoms with Crippen molar-refractivity contribution in [2.24, 2.45) is 11.8 Å². The van der Waals surface area contributed by atoms with Crippen molar-refractivity contribution in [1.29, 1.82) is 0 Å². The van der Waals surface area contributed by atoms with Gasteiger partial charge >= 0.3 is 0 Å². The van der Waals surface area contributed by atoms with Crippen molar-refractivity contribution in [2.75, 3.05) is 25.2 Å². The van der Waals surface area contributed by atoms with Crippen LogP contribution < -0.4 is 11.3 Å². The van der Waals surface area contributed by atoms with Crippen molar-refractivity contribution < 1.29 is 9.47 Å². The first-order valence-electron chi connectivity index (χ1n) is 5.79. The fourth-order valence-corrected chi connectivity index (χ4v) is 1.27. The zero-order chi connectivity index (χ0) is 12.5. The fraction of sp³-hybridized carbons (Fsp3) is 0.583. The van der Waals surface area contributed by atoms with Crippen LogP contribution in [0, 0.1) is 5.92 Å². The van der Waals surface area contributed by atoms with Crippen LogP contribution in [0.2, 0.25) is 0 Å². The highest BCUT2D eigenvalue weighted by molar-refractivity contribution is 5.35. The summed E-state index contributed by atoms with van der Waals surface area (Å²) in [5.41, 5.74) is 3.54. The maximum atomic E-state index is 5.48. The largest absolute Gasteiger partial charge is 0.379 e. The van der Waals surface area contributed by atoms with Crippen LogP contribution in [0.15, 0.2) is 18.3 Å². The quantitative estimate of drug-likeness (QED) is 0.409. The van der Waals surface area contributed by atoms with Gasteiger partial charge in [-0.1, -0.05) is 13.8 Å². The number of nitrogens with two attached hydrogens (primary N) is 1. The number of nitrogens with one attached hydrogen (secondary N) is 1. The summed E-state index contributed by atoms with van der Waals surface area (Å²) < 4.78 is 10.9. The molecule has 1 rings (SSSR count). The first-order chi connectivity index (χ1) is 8.22. The van der Waals surface area contributed by atoms with E-state index in [-0.39, 0.29) is 0 Å². The van der Waals surface area contributed by atoms with Gasteiger partial charge in [-0.25, -0.2) is 10.8 Å². The Morgan fingerprint density at radius 3 is 2.82 bits per heavy atom. The van der Waals surface area contributed by atoms with E-state index >= 15 is 0 Å². The number of nitrogen functional groups attached to an aromatic ring is 1. The summed E-state index contributed by atoms with van der Waals surface area (Å²) in [5, 5.41) is 0. The number of nitrogens with zero attached hydrogens (tertiary/aromatic N) is 1. The van der Waals surface area contributed by atoms with E-state index in [0.29, 0.717) is 31.6 Å². The lowest BCUT2D eigenvalue weighted by Crippen LogP contribution is -2.10. The van der Waals surface area contributed by atoms with E-state index in [2.05, 4.69) is 24.3 Å². The monoisotopic (exact) mass is 239 g/mol. The topological polar surface area (TPSA) is 69.4 Å². The van der Waals surface area contributed by atoms with Crippen LogP contribution in [0.5, 0.6) is 0 Å². The Hall–Kier alpha value is -1.17. The molecule has 0 amide bonds. The van der Waals surface area contributed by atoms with Crippen LogP contribution in [0.3, 0.4) is 0 Å². The molecule has 3 N–H and O–H groups in total. The van der Waals surface area contributed by atoms with E-state index in [9.17, 15) is 0 Å². The summed E-state index contributed by atoms with van der Waals surface area (Å²) in [6.07, 6.45) is 1.70. The number of ether oxygens (including phenoxy) is 2. The molecule has 0 aliphatic carbocycles. The van der Waals surface area contributed by atoms with Crippen LogP contribution in [0.1, 0.15) is 19.4 Å². The highest BCUT2D eigenvalue weighted by Crippen LogP contribution is 2.06. The molecule has 0 aromatic carbocycles. The molecule has 0 saturated heterocycles. The zero-order valence-corrected chi connectivity index (χ0v) is 10.5. The molecule has 96 valence electrons. The maximum Gasteiger partial charge on any atom is 0.140 e. The molecule has 5 heteroatoms. The third-order valence-corrected chi connectivity index (χ3v) is 2.06.